The number of nitrogens with one attached hydrogen (secondary N) is 1. The molecule has 0 saturated carbocycles. The number of aliphatic carboxylic acids is 1. The number of carbonyl (C=O) groups is 3. The van der Waals surface area contributed by atoms with E-state index in [1.54, 1.807) is 16.7 Å². The maximum atomic E-state index is 11.8. The molecule has 4 N–H and O–H groups in total. The van der Waals surface area contributed by atoms with Gasteiger partial charge in [0.05, 0.1) is 0 Å². The molecule has 0 bridgehead atoms. The molecular formula is C10H17N3O4S. The van der Waals surface area contributed by atoms with Gasteiger partial charge in [0.25, 0.3) is 0 Å². The Labute approximate surface area is 109 Å². The molecule has 3 amide bonds. The summed E-state index contributed by atoms with van der Waals surface area (Å²) in [5, 5.41) is 11.4. The van der Waals surface area contributed by atoms with E-state index in [2.05, 4.69) is 5.32 Å². The summed E-state index contributed by atoms with van der Waals surface area (Å²) >= 11 is 1.76. The highest BCUT2D eigenvalue weighted by Crippen LogP contribution is 2.09. The van der Waals surface area contributed by atoms with Crippen LogP contribution < -0.4 is 11.1 Å². The van der Waals surface area contributed by atoms with Gasteiger partial charge in [-0.15, -0.1) is 0 Å². The first-order valence-corrected chi connectivity index (χ1v) is 6.80. The summed E-state index contributed by atoms with van der Waals surface area (Å²) in [6.45, 7) is 1.22. The number of hydrogen-bond donors (Lipinski definition) is 3. The Kier molecular flexibility index (Phi) is 5.76. The van der Waals surface area contributed by atoms with Gasteiger partial charge in [-0.25, -0.2) is 9.59 Å². The lowest BCUT2D eigenvalue weighted by atomic mass is 10.1. The van der Waals surface area contributed by atoms with E-state index in [1.807, 2.05) is 0 Å². The van der Waals surface area contributed by atoms with Crippen LogP contribution in [0, 0.1) is 0 Å². The molecule has 0 aliphatic carbocycles. The second kappa shape index (κ2) is 7.10. The second-order valence-electron chi connectivity index (χ2n) is 3.94. The number of amides is 3. The molecule has 1 rings (SSSR count). The zero-order chi connectivity index (χ0) is 13.5. The number of hydrogen-bond acceptors (Lipinski definition) is 4. The van der Waals surface area contributed by atoms with E-state index in [-0.39, 0.29) is 12.8 Å². The number of primary amides is 1. The number of nitrogens with zero attached hydrogens (tertiary/aromatic N) is 1. The predicted molar refractivity (Wildman–Crippen MR) is 67.3 cm³/mol. The Bertz CT molecular complexity index is 331. The monoisotopic (exact) mass is 275 g/mol. The van der Waals surface area contributed by atoms with Gasteiger partial charge < -0.3 is 21.1 Å². The average molecular weight is 275 g/mol. The lowest BCUT2D eigenvalue weighted by Gasteiger charge is -2.28. The standard InChI is InChI=1S/C10H17N3O4S/c11-8(14)2-1-7(9(15)16)12-10(17)13-3-5-18-6-4-13/h7H,1-6H2,(H2,11,14)(H,12,17)(H,15,16). The molecule has 1 fully saturated rings. The highest BCUT2D eigenvalue weighted by Gasteiger charge is 2.24. The van der Waals surface area contributed by atoms with Crippen molar-refractivity contribution in [3.8, 4) is 0 Å². The molecule has 8 heteroatoms. The Morgan fingerprint density at radius 3 is 2.44 bits per heavy atom. The van der Waals surface area contributed by atoms with Crippen molar-refractivity contribution >= 4 is 29.7 Å². The van der Waals surface area contributed by atoms with Gasteiger partial charge >= 0.3 is 12.0 Å². The molecule has 1 aliphatic heterocycles. The van der Waals surface area contributed by atoms with Crippen molar-refractivity contribution in [2.45, 2.75) is 18.9 Å². The third-order valence-electron chi connectivity index (χ3n) is 2.57. The van der Waals surface area contributed by atoms with Crippen molar-refractivity contribution in [3.63, 3.8) is 0 Å². The zero-order valence-corrected chi connectivity index (χ0v) is 10.7. The average Bonchev–Trinajstić information content (AvgIpc) is 2.34. The largest absolute Gasteiger partial charge is 0.480 e. The molecule has 0 spiro atoms. The highest BCUT2D eigenvalue weighted by atomic mass is 32.2. The van der Waals surface area contributed by atoms with Crippen LogP contribution in [0.1, 0.15) is 12.8 Å². The summed E-state index contributed by atoms with van der Waals surface area (Å²) in [6, 6.07) is -1.47. The van der Waals surface area contributed by atoms with Gasteiger partial charge in [-0.1, -0.05) is 0 Å². The number of carboxylic acids is 1. The van der Waals surface area contributed by atoms with Gasteiger partial charge in [0.2, 0.25) is 5.91 Å². The number of nitrogens with two attached hydrogens (primary N) is 1. The minimum Gasteiger partial charge on any atom is -0.480 e. The second-order valence-corrected chi connectivity index (χ2v) is 5.17. The van der Waals surface area contributed by atoms with Crippen molar-refractivity contribution in [2.24, 2.45) is 5.73 Å². The van der Waals surface area contributed by atoms with Gasteiger partial charge in [0.1, 0.15) is 6.04 Å². The zero-order valence-electron chi connectivity index (χ0n) is 9.92. The maximum absolute atomic E-state index is 11.8. The first kappa shape index (κ1) is 14.6. The Morgan fingerprint density at radius 2 is 1.94 bits per heavy atom. The van der Waals surface area contributed by atoms with Gasteiger partial charge in [-0.3, -0.25) is 4.79 Å². The maximum Gasteiger partial charge on any atom is 0.326 e. The fourth-order valence-electron chi connectivity index (χ4n) is 1.55. The quantitative estimate of drug-likeness (QED) is 0.624. The summed E-state index contributed by atoms with van der Waals surface area (Å²) in [5.74, 6) is -0.0281. The normalized spacial score (nSPS) is 17.0. The number of thioether (sulfide) groups is 1. The smallest absolute Gasteiger partial charge is 0.326 e. The third-order valence-corrected chi connectivity index (χ3v) is 3.52. The summed E-state index contributed by atoms with van der Waals surface area (Å²) in [7, 11) is 0. The van der Waals surface area contributed by atoms with Crippen LogP contribution >= 0.6 is 11.8 Å². The highest BCUT2D eigenvalue weighted by molar-refractivity contribution is 7.99. The van der Waals surface area contributed by atoms with Gasteiger partial charge in [-0.2, -0.15) is 11.8 Å². The van der Waals surface area contributed by atoms with Crippen molar-refractivity contribution in [2.75, 3.05) is 24.6 Å². The van der Waals surface area contributed by atoms with Gasteiger partial charge in [0.15, 0.2) is 0 Å². The molecule has 102 valence electrons. The Hall–Kier alpha value is -1.44. The summed E-state index contributed by atoms with van der Waals surface area (Å²) in [6.07, 6.45) is -0.0495. The molecule has 0 aromatic heterocycles. The number of rotatable bonds is 5. The first-order valence-electron chi connectivity index (χ1n) is 5.65. The van der Waals surface area contributed by atoms with Crippen molar-refractivity contribution in [1.82, 2.24) is 10.2 Å². The fourth-order valence-corrected chi connectivity index (χ4v) is 2.45. The molecule has 1 heterocycles. The van der Waals surface area contributed by atoms with Crippen molar-refractivity contribution < 1.29 is 19.5 Å². The topological polar surface area (TPSA) is 113 Å². The van der Waals surface area contributed by atoms with Crippen molar-refractivity contribution in [1.29, 1.82) is 0 Å². The van der Waals surface area contributed by atoms with E-state index in [9.17, 15) is 14.4 Å². The van der Waals surface area contributed by atoms with E-state index < -0.39 is 23.9 Å². The molecule has 1 aliphatic rings. The van der Waals surface area contributed by atoms with E-state index >= 15 is 0 Å². The molecule has 7 nitrogen and oxygen atoms in total. The first-order chi connectivity index (χ1) is 8.50. The lowest BCUT2D eigenvalue weighted by molar-refractivity contribution is -0.139. The molecule has 1 saturated heterocycles. The minimum absolute atomic E-state index is 0.0129. The summed E-state index contributed by atoms with van der Waals surface area (Å²) in [5.41, 5.74) is 4.96. The minimum atomic E-state index is -1.16. The number of urea groups is 1. The molecular weight excluding hydrogens is 258 g/mol. The number of carbonyl (C=O) groups excluding carboxylic acids is 2. The van der Waals surface area contributed by atoms with E-state index in [0.717, 1.165) is 11.5 Å². The lowest BCUT2D eigenvalue weighted by Crippen LogP contribution is -2.50. The Balaban J connectivity index is 2.46. The third kappa shape index (κ3) is 4.82. The molecule has 1 atom stereocenters. The Morgan fingerprint density at radius 1 is 1.33 bits per heavy atom. The van der Waals surface area contributed by atoms with Gasteiger partial charge in [0, 0.05) is 31.0 Å². The molecule has 0 aromatic rings. The van der Waals surface area contributed by atoms with Crippen LogP contribution in [0.5, 0.6) is 0 Å². The number of carboxylic acid groups (broad SMARTS) is 1. The van der Waals surface area contributed by atoms with E-state index in [1.165, 1.54) is 0 Å². The molecule has 0 aromatic carbocycles. The van der Waals surface area contributed by atoms with Gasteiger partial charge in [-0.05, 0) is 6.42 Å². The van der Waals surface area contributed by atoms with E-state index in [0.29, 0.717) is 13.1 Å². The van der Waals surface area contributed by atoms with Crippen LogP contribution in [-0.4, -0.2) is 58.6 Å². The van der Waals surface area contributed by atoms with Crippen LogP contribution in [0.2, 0.25) is 0 Å². The van der Waals surface area contributed by atoms with Crippen LogP contribution in [0.4, 0.5) is 4.79 Å². The van der Waals surface area contributed by atoms with Crippen LogP contribution in [0.25, 0.3) is 0 Å². The van der Waals surface area contributed by atoms with E-state index in [4.69, 9.17) is 10.8 Å². The van der Waals surface area contributed by atoms with Crippen LogP contribution in [-0.2, 0) is 9.59 Å². The molecule has 18 heavy (non-hydrogen) atoms. The van der Waals surface area contributed by atoms with Crippen molar-refractivity contribution in [3.05, 3.63) is 0 Å². The predicted octanol–water partition coefficient (Wildman–Crippen LogP) is -0.536. The summed E-state index contributed by atoms with van der Waals surface area (Å²) in [4.78, 5) is 34.9. The molecule has 0 radical (unpaired) electrons. The van der Waals surface area contributed by atoms with Crippen LogP contribution in [0.3, 0.4) is 0 Å². The van der Waals surface area contributed by atoms with Crippen LogP contribution in [0.15, 0.2) is 0 Å². The summed E-state index contributed by atoms with van der Waals surface area (Å²) < 4.78 is 0. The fraction of sp³-hybridized carbons (Fsp3) is 0.700. The SMILES string of the molecule is NC(=O)CCC(NC(=O)N1CCSCC1)C(=O)O. The molecule has 1 unspecified atom stereocenters.